The van der Waals surface area contributed by atoms with Gasteiger partial charge in [-0.2, -0.15) is 5.10 Å². The van der Waals surface area contributed by atoms with E-state index in [0.717, 1.165) is 9.86 Å². The van der Waals surface area contributed by atoms with Gasteiger partial charge in [0.1, 0.15) is 5.69 Å². The van der Waals surface area contributed by atoms with Gasteiger partial charge >= 0.3 is 0 Å². The Balaban J connectivity index is 2.59. The van der Waals surface area contributed by atoms with Gasteiger partial charge in [0.25, 0.3) is 0 Å². The first-order chi connectivity index (χ1) is 8.19. The van der Waals surface area contributed by atoms with Gasteiger partial charge in [0.2, 0.25) is 0 Å². The molecule has 0 N–H and O–H groups in total. The monoisotopic (exact) mass is 380 g/mol. The molecule has 6 heteroatoms. The van der Waals surface area contributed by atoms with E-state index in [9.17, 15) is 4.79 Å². The van der Waals surface area contributed by atoms with Crippen LogP contribution < -0.4 is 0 Å². The molecule has 0 amide bonds. The molecule has 0 unspecified atom stereocenters. The van der Waals surface area contributed by atoms with Gasteiger partial charge in [-0.1, -0.05) is 20.8 Å². The van der Waals surface area contributed by atoms with Crippen molar-refractivity contribution in [1.29, 1.82) is 0 Å². The minimum Gasteiger partial charge on any atom is -0.415 e. The van der Waals surface area contributed by atoms with E-state index in [4.69, 9.17) is 4.43 Å². The summed E-state index contributed by atoms with van der Waals surface area (Å²) in [6.45, 7) is 12.3. The topological polar surface area (TPSA) is 44.1 Å². The molecule has 1 heterocycles. The van der Waals surface area contributed by atoms with E-state index in [1.54, 1.807) is 10.9 Å². The number of halogens is 1. The molecule has 0 atom stereocenters. The maximum Gasteiger partial charge on any atom is 0.192 e. The molecule has 0 saturated heterocycles. The quantitative estimate of drug-likeness (QED) is 0.447. The molecule has 1 aromatic rings. The van der Waals surface area contributed by atoms with Crippen LogP contribution in [-0.4, -0.2) is 31.0 Å². The average Bonchev–Trinajstić information content (AvgIpc) is 2.57. The van der Waals surface area contributed by atoms with Crippen LogP contribution >= 0.6 is 22.6 Å². The van der Waals surface area contributed by atoms with E-state index in [1.165, 1.54) is 0 Å². The lowest BCUT2D eigenvalue weighted by molar-refractivity contribution is 0.111. The molecule has 1 aromatic heterocycles. The van der Waals surface area contributed by atoms with E-state index in [1.807, 2.05) is 0 Å². The maximum atomic E-state index is 10.9. The highest BCUT2D eigenvalue weighted by Gasteiger charge is 2.36. The first kappa shape index (κ1) is 15.8. The van der Waals surface area contributed by atoms with Crippen molar-refractivity contribution in [2.24, 2.45) is 0 Å². The predicted octanol–water partition coefficient (Wildman–Crippen LogP) is 3.32. The normalized spacial score (nSPS) is 12.8. The fourth-order valence-corrected chi connectivity index (χ4v) is 2.84. The van der Waals surface area contributed by atoms with Gasteiger partial charge in [0.15, 0.2) is 14.6 Å². The number of hydrogen-bond donors (Lipinski definition) is 0. The van der Waals surface area contributed by atoms with E-state index in [2.05, 4.69) is 61.6 Å². The van der Waals surface area contributed by atoms with Crippen molar-refractivity contribution in [3.05, 3.63) is 15.5 Å². The van der Waals surface area contributed by atoms with Gasteiger partial charge in [0.05, 0.1) is 22.9 Å². The Labute approximate surface area is 123 Å². The SMILES string of the molecule is CC(C)(C)[Si](C)(C)OCCn1ncc(I)c1C=O. The summed E-state index contributed by atoms with van der Waals surface area (Å²) in [5.41, 5.74) is 0.634. The second-order valence-electron chi connectivity index (χ2n) is 5.83. The van der Waals surface area contributed by atoms with Gasteiger partial charge in [-0.25, -0.2) is 0 Å². The summed E-state index contributed by atoms with van der Waals surface area (Å²) in [5.74, 6) is 0. The number of aldehydes is 1. The molecule has 1 rings (SSSR count). The largest absolute Gasteiger partial charge is 0.415 e. The van der Waals surface area contributed by atoms with E-state index < -0.39 is 8.32 Å². The third-order valence-electron chi connectivity index (χ3n) is 3.52. The fraction of sp³-hybridized carbons (Fsp3) is 0.667. The van der Waals surface area contributed by atoms with E-state index in [-0.39, 0.29) is 5.04 Å². The van der Waals surface area contributed by atoms with Crippen molar-refractivity contribution < 1.29 is 9.22 Å². The highest BCUT2D eigenvalue weighted by Crippen LogP contribution is 2.36. The summed E-state index contributed by atoms with van der Waals surface area (Å²) < 4.78 is 8.66. The number of nitrogens with zero attached hydrogens (tertiary/aromatic N) is 2. The summed E-state index contributed by atoms with van der Waals surface area (Å²) in [5, 5.41) is 4.39. The van der Waals surface area contributed by atoms with Crippen LogP contribution in [0.2, 0.25) is 18.1 Å². The highest BCUT2D eigenvalue weighted by atomic mass is 127. The first-order valence-electron chi connectivity index (χ1n) is 5.99. The van der Waals surface area contributed by atoms with Crippen LogP contribution in [-0.2, 0) is 11.0 Å². The summed E-state index contributed by atoms with van der Waals surface area (Å²) in [6, 6.07) is 0. The number of aromatic nitrogens is 2. The lowest BCUT2D eigenvalue weighted by Gasteiger charge is -2.36. The van der Waals surface area contributed by atoms with Gasteiger partial charge in [-0.3, -0.25) is 9.48 Å². The Morgan fingerprint density at radius 2 is 2.11 bits per heavy atom. The van der Waals surface area contributed by atoms with Crippen LogP contribution in [0.1, 0.15) is 31.3 Å². The molecule has 18 heavy (non-hydrogen) atoms. The molecule has 0 saturated carbocycles. The Hall–Kier alpha value is -0.213. The third-order valence-corrected chi connectivity index (χ3v) is 8.89. The zero-order valence-electron chi connectivity index (χ0n) is 11.7. The zero-order valence-corrected chi connectivity index (χ0v) is 14.8. The number of rotatable bonds is 5. The van der Waals surface area contributed by atoms with E-state index >= 15 is 0 Å². The van der Waals surface area contributed by atoms with Crippen molar-refractivity contribution >= 4 is 37.2 Å². The Morgan fingerprint density at radius 1 is 1.50 bits per heavy atom. The molecule has 0 aliphatic carbocycles. The Kier molecular flexibility index (Phi) is 5.13. The fourth-order valence-electron chi connectivity index (χ4n) is 1.27. The summed E-state index contributed by atoms with van der Waals surface area (Å²) in [7, 11) is -1.71. The first-order valence-corrected chi connectivity index (χ1v) is 9.98. The molecular weight excluding hydrogens is 359 g/mol. The standard InChI is InChI=1S/C12H21IN2O2Si/c1-12(2,3)18(4,5)17-7-6-15-11(9-16)10(13)8-14-15/h8-9H,6-7H2,1-5H3. The van der Waals surface area contributed by atoms with Crippen LogP contribution in [0.4, 0.5) is 0 Å². The number of carbonyl (C=O) groups is 1. The van der Waals surface area contributed by atoms with Crippen LogP contribution in [0.3, 0.4) is 0 Å². The van der Waals surface area contributed by atoms with Crippen molar-refractivity contribution in [2.75, 3.05) is 6.61 Å². The Bertz CT molecular complexity index is 424. The lowest BCUT2D eigenvalue weighted by atomic mass is 10.2. The van der Waals surface area contributed by atoms with Crippen LogP contribution in [0.25, 0.3) is 0 Å². The third kappa shape index (κ3) is 3.64. The van der Waals surface area contributed by atoms with Crippen LogP contribution in [0, 0.1) is 3.57 Å². The summed E-state index contributed by atoms with van der Waals surface area (Å²) in [4.78, 5) is 10.9. The second-order valence-corrected chi connectivity index (χ2v) is 11.8. The zero-order chi connectivity index (χ0) is 14.0. The molecule has 0 bridgehead atoms. The molecule has 0 radical (unpaired) electrons. The van der Waals surface area contributed by atoms with Gasteiger partial charge in [0, 0.05) is 0 Å². The average molecular weight is 380 g/mol. The van der Waals surface area contributed by atoms with Crippen LogP contribution in [0.15, 0.2) is 6.20 Å². The van der Waals surface area contributed by atoms with Crippen molar-refractivity contribution in [3.8, 4) is 0 Å². The Morgan fingerprint density at radius 3 is 2.61 bits per heavy atom. The second kappa shape index (κ2) is 5.83. The van der Waals surface area contributed by atoms with Gasteiger partial charge in [-0.15, -0.1) is 0 Å². The maximum absolute atomic E-state index is 10.9. The predicted molar refractivity (Wildman–Crippen MR) is 83.5 cm³/mol. The molecule has 4 nitrogen and oxygen atoms in total. The van der Waals surface area contributed by atoms with Gasteiger partial charge in [-0.05, 0) is 40.7 Å². The van der Waals surface area contributed by atoms with Crippen molar-refractivity contribution in [1.82, 2.24) is 9.78 Å². The summed E-state index contributed by atoms with van der Waals surface area (Å²) in [6.07, 6.45) is 2.55. The number of carbonyl (C=O) groups excluding carboxylic acids is 1. The minimum absolute atomic E-state index is 0.207. The van der Waals surface area contributed by atoms with Gasteiger partial charge < -0.3 is 4.43 Å². The van der Waals surface area contributed by atoms with Crippen molar-refractivity contribution in [3.63, 3.8) is 0 Å². The van der Waals surface area contributed by atoms with Crippen LogP contribution in [0.5, 0.6) is 0 Å². The number of hydrogen-bond acceptors (Lipinski definition) is 3. The van der Waals surface area contributed by atoms with Crippen molar-refractivity contribution in [2.45, 2.75) is 45.4 Å². The van der Waals surface area contributed by atoms with E-state index in [0.29, 0.717) is 18.8 Å². The highest BCUT2D eigenvalue weighted by molar-refractivity contribution is 14.1. The minimum atomic E-state index is -1.71. The molecule has 0 aliphatic rings. The summed E-state index contributed by atoms with van der Waals surface area (Å²) >= 11 is 2.12. The molecule has 0 spiro atoms. The molecule has 0 aromatic carbocycles. The molecule has 0 fully saturated rings. The molecular formula is C12H21IN2O2Si. The molecule has 0 aliphatic heterocycles. The molecule has 102 valence electrons. The smallest absolute Gasteiger partial charge is 0.192 e. The lowest BCUT2D eigenvalue weighted by Crippen LogP contribution is -2.41.